The SMILES string of the molecule is CCN(CC)CCN(C(=O)c1ccc(F)c(F)c1)c1nc2c(OC)ccc(OC)c2s1.Cl. The number of methoxy groups -OCH3 is 2. The third-order valence-corrected chi connectivity index (χ3v) is 6.17. The maximum atomic E-state index is 13.8. The van der Waals surface area contributed by atoms with Gasteiger partial charge in [-0.1, -0.05) is 25.2 Å². The molecule has 0 atom stereocenters. The molecule has 1 heterocycles. The van der Waals surface area contributed by atoms with Crippen molar-refractivity contribution in [1.82, 2.24) is 9.88 Å². The van der Waals surface area contributed by atoms with Crippen molar-refractivity contribution >= 4 is 45.0 Å². The quantitative estimate of drug-likeness (QED) is 0.427. The van der Waals surface area contributed by atoms with E-state index in [1.165, 1.54) is 22.3 Å². The molecule has 3 rings (SSSR count). The molecule has 0 fully saturated rings. The molecule has 6 nitrogen and oxygen atoms in total. The van der Waals surface area contributed by atoms with Crippen LogP contribution in [0.5, 0.6) is 11.5 Å². The number of halogens is 3. The van der Waals surface area contributed by atoms with Gasteiger partial charge < -0.3 is 14.4 Å². The molecule has 0 radical (unpaired) electrons. The Morgan fingerprint density at radius 3 is 2.25 bits per heavy atom. The summed E-state index contributed by atoms with van der Waals surface area (Å²) in [6.07, 6.45) is 0. The predicted molar refractivity (Wildman–Crippen MR) is 126 cm³/mol. The first kappa shape index (κ1) is 25.8. The average Bonchev–Trinajstić information content (AvgIpc) is 3.22. The van der Waals surface area contributed by atoms with E-state index in [4.69, 9.17) is 9.47 Å². The van der Waals surface area contributed by atoms with Crippen LogP contribution >= 0.6 is 23.7 Å². The number of hydrogen-bond donors (Lipinski definition) is 0. The Hall–Kier alpha value is -2.49. The molecule has 1 aromatic heterocycles. The summed E-state index contributed by atoms with van der Waals surface area (Å²) in [6.45, 7) is 6.67. The summed E-state index contributed by atoms with van der Waals surface area (Å²) in [5.41, 5.74) is 0.629. The molecule has 1 amide bonds. The van der Waals surface area contributed by atoms with Crippen LogP contribution in [-0.4, -0.2) is 56.2 Å². The zero-order valence-electron chi connectivity index (χ0n) is 18.4. The Bertz CT molecular complexity index is 1040. The number of carbonyl (C=O) groups is 1. The second-order valence-corrected chi connectivity index (χ2v) is 7.73. The largest absolute Gasteiger partial charge is 0.495 e. The van der Waals surface area contributed by atoms with Gasteiger partial charge in [-0.05, 0) is 43.4 Å². The maximum absolute atomic E-state index is 13.8. The zero-order chi connectivity index (χ0) is 22.5. The molecule has 174 valence electrons. The Morgan fingerprint density at radius 2 is 1.66 bits per heavy atom. The molecule has 0 unspecified atom stereocenters. The van der Waals surface area contributed by atoms with Crippen molar-refractivity contribution in [3.8, 4) is 11.5 Å². The van der Waals surface area contributed by atoms with E-state index in [0.717, 1.165) is 29.9 Å². The summed E-state index contributed by atoms with van der Waals surface area (Å²) >= 11 is 1.29. The minimum atomic E-state index is -1.07. The first-order valence-electron chi connectivity index (χ1n) is 9.94. The molecule has 0 N–H and O–H groups in total. The highest BCUT2D eigenvalue weighted by molar-refractivity contribution is 7.22. The molecule has 0 saturated heterocycles. The van der Waals surface area contributed by atoms with E-state index in [9.17, 15) is 13.6 Å². The fraction of sp³-hybridized carbons (Fsp3) is 0.364. The lowest BCUT2D eigenvalue weighted by molar-refractivity contribution is 0.0983. The number of amides is 1. The summed E-state index contributed by atoms with van der Waals surface area (Å²) in [5, 5.41) is 0.430. The Balaban J connectivity index is 0.00000363. The van der Waals surface area contributed by atoms with Crippen LogP contribution in [-0.2, 0) is 0 Å². The van der Waals surface area contributed by atoms with Crippen molar-refractivity contribution in [3.63, 3.8) is 0 Å². The van der Waals surface area contributed by atoms with Crippen molar-refractivity contribution in [3.05, 3.63) is 47.5 Å². The van der Waals surface area contributed by atoms with Crippen molar-refractivity contribution in [2.45, 2.75) is 13.8 Å². The van der Waals surface area contributed by atoms with E-state index in [1.54, 1.807) is 26.4 Å². The second kappa shape index (κ2) is 11.4. The number of likely N-dealkylation sites (N-methyl/N-ethyl adjacent to an activating group) is 1. The normalized spacial score (nSPS) is 10.8. The lowest BCUT2D eigenvalue weighted by atomic mass is 10.2. The number of fused-ring (bicyclic) bond motifs is 1. The van der Waals surface area contributed by atoms with Gasteiger partial charge in [-0.25, -0.2) is 13.8 Å². The van der Waals surface area contributed by atoms with E-state index in [2.05, 4.69) is 9.88 Å². The summed E-state index contributed by atoms with van der Waals surface area (Å²) < 4.78 is 38.8. The van der Waals surface area contributed by atoms with Gasteiger partial charge in [0, 0.05) is 18.7 Å². The molecule has 0 aliphatic heterocycles. The summed E-state index contributed by atoms with van der Waals surface area (Å²) in [4.78, 5) is 21.6. The van der Waals surface area contributed by atoms with Crippen molar-refractivity contribution in [1.29, 1.82) is 0 Å². The lowest BCUT2D eigenvalue weighted by Gasteiger charge is -2.24. The third-order valence-electron chi connectivity index (χ3n) is 5.08. The van der Waals surface area contributed by atoms with Crippen LogP contribution in [0.1, 0.15) is 24.2 Å². The van der Waals surface area contributed by atoms with Gasteiger partial charge in [0.1, 0.15) is 21.7 Å². The summed E-state index contributed by atoms with van der Waals surface area (Å²) in [7, 11) is 3.11. The first-order chi connectivity index (χ1) is 14.9. The van der Waals surface area contributed by atoms with Crippen LogP contribution in [0.25, 0.3) is 10.2 Å². The van der Waals surface area contributed by atoms with Crippen molar-refractivity contribution < 1.29 is 23.0 Å². The fourth-order valence-electron chi connectivity index (χ4n) is 3.24. The highest BCUT2D eigenvalue weighted by Crippen LogP contribution is 2.40. The number of rotatable bonds is 9. The molecule has 2 aromatic carbocycles. The summed E-state index contributed by atoms with van der Waals surface area (Å²) in [5.74, 6) is -1.35. The van der Waals surface area contributed by atoms with E-state index >= 15 is 0 Å². The minimum Gasteiger partial charge on any atom is -0.495 e. The van der Waals surface area contributed by atoms with Gasteiger partial charge in [-0.3, -0.25) is 9.69 Å². The monoisotopic (exact) mass is 485 g/mol. The Morgan fingerprint density at radius 1 is 1.00 bits per heavy atom. The third kappa shape index (κ3) is 5.28. The summed E-state index contributed by atoms with van der Waals surface area (Å²) in [6, 6.07) is 6.67. The predicted octanol–water partition coefficient (Wildman–Crippen LogP) is 5.00. The van der Waals surface area contributed by atoms with E-state index in [0.29, 0.717) is 35.2 Å². The van der Waals surface area contributed by atoms with Gasteiger partial charge in [-0.2, -0.15) is 0 Å². The van der Waals surface area contributed by atoms with E-state index < -0.39 is 17.5 Å². The smallest absolute Gasteiger partial charge is 0.260 e. The number of carbonyl (C=O) groups excluding carboxylic acids is 1. The van der Waals surface area contributed by atoms with Crippen molar-refractivity contribution in [2.75, 3.05) is 45.3 Å². The number of anilines is 1. The van der Waals surface area contributed by atoms with Gasteiger partial charge in [0.05, 0.1) is 14.2 Å². The Labute approximate surface area is 196 Å². The highest BCUT2D eigenvalue weighted by atomic mass is 35.5. The maximum Gasteiger partial charge on any atom is 0.260 e. The van der Waals surface area contributed by atoms with Crippen LogP contribution < -0.4 is 14.4 Å². The van der Waals surface area contributed by atoms with E-state index in [1.807, 2.05) is 13.8 Å². The molecule has 32 heavy (non-hydrogen) atoms. The van der Waals surface area contributed by atoms with Gasteiger partial charge in [0.15, 0.2) is 16.8 Å². The van der Waals surface area contributed by atoms with Gasteiger partial charge in [0.25, 0.3) is 5.91 Å². The van der Waals surface area contributed by atoms with Crippen LogP contribution in [0, 0.1) is 11.6 Å². The highest BCUT2D eigenvalue weighted by Gasteiger charge is 2.24. The zero-order valence-corrected chi connectivity index (χ0v) is 20.0. The molecule has 0 saturated carbocycles. The molecule has 10 heteroatoms. The van der Waals surface area contributed by atoms with Crippen LogP contribution in [0.15, 0.2) is 30.3 Å². The van der Waals surface area contributed by atoms with E-state index in [-0.39, 0.29) is 18.0 Å². The van der Waals surface area contributed by atoms with Crippen LogP contribution in [0.4, 0.5) is 13.9 Å². The van der Waals surface area contributed by atoms with Gasteiger partial charge >= 0.3 is 0 Å². The molecular formula is C22H26ClF2N3O3S. The Kier molecular flexibility index (Phi) is 9.18. The second-order valence-electron chi connectivity index (χ2n) is 6.76. The number of ether oxygens (including phenoxy) is 2. The van der Waals surface area contributed by atoms with Crippen molar-refractivity contribution in [2.24, 2.45) is 0 Å². The average molecular weight is 486 g/mol. The fourth-order valence-corrected chi connectivity index (χ4v) is 4.34. The molecule has 3 aromatic rings. The van der Waals surface area contributed by atoms with Gasteiger partial charge in [-0.15, -0.1) is 12.4 Å². The standard InChI is InChI=1S/C22H25F2N3O3S.ClH/c1-5-26(6-2)11-12-27(21(28)14-7-8-15(23)16(24)13-14)22-25-19-17(29-3)9-10-18(30-4)20(19)31-22;/h7-10,13H,5-6,11-12H2,1-4H3;1H. The number of nitrogens with zero attached hydrogens (tertiary/aromatic N) is 3. The van der Waals surface area contributed by atoms with Gasteiger partial charge in [0.2, 0.25) is 0 Å². The number of benzene rings is 2. The van der Waals surface area contributed by atoms with Crippen LogP contribution in [0.2, 0.25) is 0 Å². The number of thiazole rings is 1. The topological polar surface area (TPSA) is 54.9 Å². The molecule has 0 aliphatic rings. The molecule has 0 aliphatic carbocycles. The molecule has 0 bridgehead atoms. The lowest BCUT2D eigenvalue weighted by Crippen LogP contribution is -2.39. The minimum absolute atomic E-state index is 0. The van der Waals surface area contributed by atoms with Crippen LogP contribution in [0.3, 0.4) is 0 Å². The number of aromatic nitrogens is 1. The molecule has 0 spiro atoms. The first-order valence-corrected chi connectivity index (χ1v) is 10.8. The number of hydrogen-bond acceptors (Lipinski definition) is 6. The molecular weight excluding hydrogens is 460 g/mol.